The molecule has 0 aliphatic rings. The number of hydrogen-bond donors (Lipinski definition) is 0. The lowest BCUT2D eigenvalue weighted by Crippen LogP contribution is -2.11. The van der Waals surface area contributed by atoms with E-state index in [2.05, 4.69) is 9.47 Å². The number of hydrogen-bond acceptors (Lipinski definition) is 5. The van der Waals surface area contributed by atoms with Crippen LogP contribution in [0.4, 0.5) is 0 Å². The number of methoxy groups -OCH3 is 2. The van der Waals surface area contributed by atoms with Crippen LogP contribution in [0.15, 0.2) is 0 Å². The summed E-state index contributed by atoms with van der Waals surface area (Å²) < 4.78 is 14.1. The fourth-order valence-electron chi connectivity index (χ4n) is 1.53. The van der Waals surface area contributed by atoms with Crippen LogP contribution in [0, 0.1) is 0 Å². The molecule has 5 nitrogen and oxygen atoms in total. The number of esters is 2. The van der Waals surface area contributed by atoms with E-state index in [4.69, 9.17) is 4.74 Å². The molecule has 0 fully saturated rings. The molecule has 0 radical (unpaired) electrons. The summed E-state index contributed by atoms with van der Waals surface area (Å²) in [6.07, 6.45) is 6.55. The molecule has 0 aromatic heterocycles. The maximum Gasteiger partial charge on any atom is 0.332 e. The van der Waals surface area contributed by atoms with Gasteiger partial charge >= 0.3 is 11.9 Å². The van der Waals surface area contributed by atoms with Crippen molar-refractivity contribution in [2.75, 3.05) is 27.4 Å². The van der Waals surface area contributed by atoms with Gasteiger partial charge in [0.25, 0.3) is 0 Å². The third kappa shape index (κ3) is 11.4. The topological polar surface area (TPSA) is 61.8 Å². The minimum atomic E-state index is -0.310. The molecule has 106 valence electrons. The molecule has 0 heterocycles. The molecule has 5 heteroatoms. The van der Waals surface area contributed by atoms with Crippen LogP contribution in [0.3, 0.4) is 0 Å². The summed E-state index contributed by atoms with van der Waals surface area (Å²) in [6.45, 7) is 0.484. The fourth-order valence-corrected chi connectivity index (χ4v) is 1.53. The lowest BCUT2D eigenvalue weighted by molar-refractivity contribution is -0.148. The Kier molecular flexibility index (Phi) is 11.6. The predicted octanol–water partition coefficient (Wildman–Crippen LogP) is 2.08. The predicted molar refractivity (Wildman–Crippen MR) is 67.2 cm³/mol. The van der Waals surface area contributed by atoms with Gasteiger partial charge in [-0.1, -0.05) is 25.7 Å². The highest BCUT2D eigenvalue weighted by Gasteiger charge is 2.01. The average Bonchev–Trinajstić information content (AvgIpc) is 2.36. The highest BCUT2D eigenvalue weighted by molar-refractivity contribution is 5.70. The van der Waals surface area contributed by atoms with Gasteiger partial charge in [-0.2, -0.15) is 0 Å². The normalized spacial score (nSPS) is 10.1. The third-order valence-corrected chi connectivity index (χ3v) is 2.53. The van der Waals surface area contributed by atoms with Crippen molar-refractivity contribution in [3.05, 3.63) is 0 Å². The van der Waals surface area contributed by atoms with Crippen molar-refractivity contribution >= 4 is 11.9 Å². The Morgan fingerprint density at radius 1 is 0.833 bits per heavy atom. The molecule has 0 bridgehead atoms. The monoisotopic (exact) mass is 260 g/mol. The first-order valence-corrected chi connectivity index (χ1v) is 6.42. The van der Waals surface area contributed by atoms with Crippen LogP contribution in [-0.4, -0.2) is 39.4 Å². The largest absolute Gasteiger partial charge is 0.469 e. The van der Waals surface area contributed by atoms with Crippen molar-refractivity contribution in [1.29, 1.82) is 0 Å². The van der Waals surface area contributed by atoms with Gasteiger partial charge in [0.05, 0.1) is 13.7 Å². The quantitative estimate of drug-likeness (QED) is 0.420. The van der Waals surface area contributed by atoms with Gasteiger partial charge in [0, 0.05) is 13.5 Å². The van der Waals surface area contributed by atoms with Crippen LogP contribution in [0.2, 0.25) is 0 Å². The molecule has 0 aliphatic heterocycles. The van der Waals surface area contributed by atoms with Crippen LogP contribution in [-0.2, 0) is 23.8 Å². The molecule has 0 aromatic rings. The zero-order valence-electron chi connectivity index (χ0n) is 11.4. The molecule has 0 atom stereocenters. The number of unbranched alkanes of at least 4 members (excludes halogenated alkanes) is 5. The number of ether oxygens (including phenoxy) is 3. The van der Waals surface area contributed by atoms with E-state index in [0.29, 0.717) is 13.0 Å². The standard InChI is InChI=1S/C13H24O5/c1-16-11-13(15)18-10-8-6-4-3-5-7-9-12(14)17-2/h3-11H2,1-2H3. The second-order valence-electron chi connectivity index (χ2n) is 4.10. The van der Waals surface area contributed by atoms with Crippen LogP contribution < -0.4 is 0 Å². The van der Waals surface area contributed by atoms with Crippen molar-refractivity contribution in [2.24, 2.45) is 0 Å². The molecule has 0 spiro atoms. The van der Waals surface area contributed by atoms with Crippen molar-refractivity contribution in [3.8, 4) is 0 Å². The Morgan fingerprint density at radius 3 is 2.06 bits per heavy atom. The Labute approximate surface area is 109 Å². The zero-order chi connectivity index (χ0) is 13.6. The van der Waals surface area contributed by atoms with E-state index in [-0.39, 0.29) is 18.5 Å². The van der Waals surface area contributed by atoms with E-state index in [9.17, 15) is 9.59 Å². The average molecular weight is 260 g/mol. The first kappa shape index (κ1) is 16.9. The fraction of sp³-hybridized carbons (Fsp3) is 0.846. The maximum atomic E-state index is 10.9. The molecule has 18 heavy (non-hydrogen) atoms. The van der Waals surface area contributed by atoms with E-state index >= 15 is 0 Å². The van der Waals surface area contributed by atoms with Crippen LogP contribution in [0.5, 0.6) is 0 Å². The molecule has 0 amide bonds. The van der Waals surface area contributed by atoms with Crippen molar-refractivity contribution in [2.45, 2.75) is 44.9 Å². The summed E-state index contributed by atoms with van der Waals surface area (Å²) in [7, 11) is 2.88. The Morgan fingerprint density at radius 2 is 1.44 bits per heavy atom. The van der Waals surface area contributed by atoms with Crippen molar-refractivity contribution < 1.29 is 23.8 Å². The maximum absolute atomic E-state index is 10.9. The molecule has 0 saturated heterocycles. The second kappa shape index (κ2) is 12.4. The second-order valence-corrected chi connectivity index (χ2v) is 4.10. The minimum absolute atomic E-state index is 0.0214. The van der Waals surface area contributed by atoms with E-state index in [1.165, 1.54) is 14.2 Å². The summed E-state index contributed by atoms with van der Waals surface area (Å²) in [5, 5.41) is 0. The van der Waals surface area contributed by atoms with E-state index in [0.717, 1.165) is 38.5 Å². The summed E-state index contributed by atoms with van der Waals surface area (Å²) >= 11 is 0. The summed E-state index contributed by atoms with van der Waals surface area (Å²) in [5.41, 5.74) is 0. The van der Waals surface area contributed by atoms with Gasteiger partial charge < -0.3 is 14.2 Å². The lowest BCUT2D eigenvalue weighted by Gasteiger charge is -2.04. The Bertz CT molecular complexity index is 227. The first-order valence-electron chi connectivity index (χ1n) is 6.42. The molecular weight excluding hydrogens is 236 g/mol. The van der Waals surface area contributed by atoms with Crippen LogP contribution >= 0.6 is 0 Å². The van der Waals surface area contributed by atoms with Gasteiger partial charge in [0.2, 0.25) is 0 Å². The van der Waals surface area contributed by atoms with Crippen molar-refractivity contribution in [1.82, 2.24) is 0 Å². The zero-order valence-corrected chi connectivity index (χ0v) is 11.4. The number of carbonyl (C=O) groups excluding carboxylic acids is 2. The lowest BCUT2D eigenvalue weighted by atomic mass is 10.1. The smallest absolute Gasteiger partial charge is 0.332 e. The first-order chi connectivity index (χ1) is 8.70. The Balaban J connectivity index is 3.12. The Hall–Kier alpha value is -1.10. The van der Waals surface area contributed by atoms with E-state index in [1.54, 1.807) is 0 Å². The molecule has 0 rings (SSSR count). The molecule has 0 saturated carbocycles. The van der Waals surface area contributed by atoms with Gasteiger partial charge in [-0.15, -0.1) is 0 Å². The number of rotatable bonds is 11. The van der Waals surface area contributed by atoms with Gasteiger partial charge in [0.15, 0.2) is 0 Å². The van der Waals surface area contributed by atoms with Crippen molar-refractivity contribution in [3.63, 3.8) is 0 Å². The molecule has 0 aromatic carbocycles. The summed E-state index contributed by atoms with van der Waals surface area (Å²) in [5.74, 6) is -0.448. The molecule has 0 unspecified atom stereocenters. The van der Waals surface area contributed by atoms with Gasteiger partial charge in [-0.3, -0.25) is 4.79 Å². The highest BCUT2D eigenvalue weighted by Crippen LogP contribution is 2.07. The van der Waals surface area contributed by atoms with Crippen LogP contribution in [0.1, 0.15) is 44.9 Å². The third-order valence-electron chi connectivity index (χ3n) is 2.53. The molecule has 0 aliphatic carbocycles. The van der Waals surface area contributed by atoms with Crippen LogP contribution in [0.25, 0.3) is 0 Å². The SMILES string of the molecule is COCC(=O)OCCCCCCCCC(=O)OC. The summed E-state index contributed by atoms with van der Waals surface area (Å²) in [6, 6.07) is 0. The van der Waals surface area contributed by atoms with Gasteiger partial charge in [0.1, 0.15) is 6.61 Å². The minimum Gasteiger partial charge on any atom is -0.469 e. The van der Waals surface area contributed by atoms with E-state index in [1.807, 2.05) is 0 Å². The van der Waals surface area contributed by atoms with Gasteiger partial charge in [-0.25, -0.2) is 4.79 Å². The highest BCUT2D eigenvalue weighted by atomic mass is 16.6. The van der Waals surface area contributed by atoms with E-state index < -0.39 is 0 Å². The van der Waals surface area contributed by atoms with Gasteiger partial charge in [-0.05, 0) is 12.8 Å². The molecular formula is C13H24O5. The summed E-state index contributed by atoms with van der Waals surface area (Å²) in [4.78, 5) is 21.7. The molecule has 0 N–H and O–H groups in total. The number of carbonyl (C=O) groups is 2.